The molecule has 0 aromatic carbocycles. The summed E-state index contributed by atoms with van der Waals surface area (Å²) in [7, 11) is 0. The summed E-state index contributed by atoms with van der Waals surface area (Å²) in [5.74, 6) is 0. The number of rotatable bonds is 5. The van der Waals surface area contributed by atoms with Gasteiger partial charge in [0.05, 0.1) is 18.8 Å². The first-order valence-electron chi connectivity index (χ1n) is 3.96. The van der Waals surface area contributed by atoms with Crippen LogP contribution in [0.25, 0.3) is 0 Å². The summed E-state index contributed by atoms with van der Waals surface area (Å²) in [6, 6.07) is 0. The Bertz CT molecular complexity index is 71.7. The lowest BCUT2D eigenvalue weighted by Gasteiger charge is -2.11. The Morgan fingerprint density at radius 1 is 1.40 bits per heavy atom. The zero-order chi connectivity index (χ0) is 7.98. The highest BCUT2D eigenvalue weighted by atomic mass is 16.5. The van der Waals surface area contributed by atoms with Crippen molar-refractivity contribution < 1.29 is 9.84 Å². The fraction of sp³-hybridized carbons (Fsp3) is 1.00. The van der Waals surface area contributed by atoms with E-state index in [2.05, 4.69) is 6.92 Å². The van der Waals surface area contributed by atoms with Gasteiger partial charge in [0.15, 0.2) is 0 Å². The van der Waals surface area contributed by atoms with E-state index in [0.717, 1.165) is 12.8 Å². The van der Waals surface area contributed by atoms with Gasteiger partial charge in [0, 0.05) is 0 Å². The summed E-state index contributed by atoms with van der Waals surface area (Å²) in [5, 5.41) is 9.17. The van der Waals surface area contributed by atoms with Crippen molar-refractivity contribution in [3.8, 4) is 0 Å². The van der Waals surface area contributed by atoms with Gasteiger partial charge in [0.1, 0.15) is 0 Å². The van der Waals surface area contributed by atoms with Crippen LogP contribution in [0, 0.1) is 0 Å². The van der Waals surface area contributed by atoms with Crippen molar-refractivity contribution in [1.82, 2.24) is 0 Å². The molecule has 0 aliphatic rings. The maximum atomic E-state index is 9.17. The van der Waals surface area contributed by atoms with Crippen LogP contribution in [-0.4, -0.2) is 23.9 Å². The normalized spacial score (nSPS) is 14.1. The van der Waals surface area contributed by atoms with E-state index in [1.165, 1.54) is 0 Å². The third-order valence-corrected chi connectivity index (χ3v) is 1.24. The van der Waals surface area contributed by atoms with Crippen molar-refractivity contribution in [1.29, 1.82) is 0 Å². The van der Waals surface area contributed by atoms with Crippen LogP contribution in [0.15, 0.2) is 0 Å². The third-order valence-electron chi connectivity index (χ3n) is 1.24. The molecule has 2 heteroatoms. The first-order chi connectivity index (χ1) is 4.66. The monoisotopic (exact) mass is 146 g/mol. The van der Waals surface area contributed by atoms with Crippen LogP contribution in [-0.2, 0) is 4.74 Å². The summed E-state index contributed by atoms with van der Waals surface area (Å²) < 4.78 is 5.21. The number of aliphatic hydroxyl groups excluding tert-OH is 1. The second-order valence-electron chi connectivity index (χ2n) is 2.82. The summed E-state index contributed by atoms with van der Waals surface area (Å²) in [6.07, 6.45) is 1.81. The quantitative estimate of drug-likeness (QED) is 0.638. The molecule has 0 heterocycles. The van der Waals surface area contributed by atoms with Crippen molar-refractivity contribution in [2.45, 2.75) is 45.8 Å². The molecule has 0 bridgehead atoms. The average molecular weight is 146 g/mol. The van der Waals surface area contributed by atoms with Gasteiger partial charge in [0.2, 0.25) is 0 Å². The predicted molar refractivity (Wildman–Crippen MR) is 42.0 cm³/mol. The SMILES string of the molecule is CCCC(O)COC(C)C. The van der Waals surface area contributed by atoms with Crippen LogP contribution in [0.1, 0.15) is 33.6 Å². The Hall–Kier alpha value is -0.0800. The van der Waals surface area contributed by atoms with Gasteiger partial charge < -0.3 is 9.84 Å². The average Bonchev–Trinajstić information content (AvgIpc) is 1.85. The first-order valence-corrected chi connectivity index (χ1v) is 3.96. The molecule has 0 saturated carbocycles. The van der Waals surface area contributed by atoms with Crippen LogP contribution in [0.5, 0.6) is 0 Å². The Kier molecular flexibility index (Phi) is 5.64. The summed E-state index contributed by atoms with van der Waals surface area (Å²) in [5.41, 5.74) is 0. The lowest BCUT2D eigenvalue weighted by atomic mass is 10.2. The van der Waals surface area contributed by atoms with E-state index in [9.17, 15) is 5.11 Å². The molecule has 0 aromatic heterocycles. The van der Waals surface area contributed by atoms with Gasteiger partial charge in [-0.1, -0.05) is 13.3 Å². The van der Waals surface area contributed by atoms with E-state index < -0.39 is 0 Å². The number of hydrogen-bond acceptors (Lipinski definition) is 2. The Labute approximate surface area is 63.2 Å². The largest absolute Gasteiger partial charge is 0.391 e. The van der Waals surface area contributed by atoms with Crippen LogP contribution >= 0.6 is 0 Å². The summed E-state index contributed by atoms with van der Waals surface area (Å²) in [4.78, 5) is 0. The molecule has 0 rings (SSSR count). The molecule has 0 amide bonds. The molecule has 0 spiro atoms. The zero-order valence-electron chi connectivity index (χ0n) is 7.13. The minimum absolute atomic E-state index is 0.228. The van der Waals surface area contributed by atoms with Crippen LogP contribution in [0.3, 0.4) is 0 Å². The molecular weight excluding hydrogens is 128 g/mol. The molecule has 1 unspecified atom stereocenters. The predicted octanol–water partition coefficient (Wildman–Crippen LogP) is 1.57. The molecule has 1 N–H and O–H groups in total. The summed E-state index contributed by atoms with van der Waals surface area (Å²) in [6.45, 7) is 6.47. The van der Waals surface area contributed by atoms with E-state index in [4.69, 9.17) is 4.74 Å². The molecule has 0 aromatic rings. The third kappa shape index (κ3) is 6.05. The van der Waals surface area contributed by atoms with E-state index >= 15 is 0 Å². The smallest absolute Gasteiger partial charge is 0.0773 e. The highest BCUT2D eigenvalue weighted by molar-refractivity contribution is 4.52. The van der Waals surface area contributed by atoms with Crippen molar-refractivity contribution in [3.63, 3.8) is 0 Å². The molecule has 0 aliphatic heterocycles. The van der Waals surface area contributed by atoms with Gasteiger partial charge in [-0.15, -0.1) is 0 Å². The van der Waals surface area contributed by atoms with Crippen LogP contribution < -0.4 is 0 Å². The van der Waals surface area contributed by atoms with Gasteiger partial charge >= 0.3 is 0 Å². The van der Waals surface area contributed by atoms with Gasteiger partial charge in [0.25, 0.3) is 0 Å². The van der Waals surface area contributed by atoms with E-state index in [1.807, 2.05) is 13.8 Å². The Balaban J connectivity index is 3.12. The molecule has 0 fully saturated rings. The second kappa shape index (κ2) is 5.69. The van der Waals surface area contributed by atoms with Gasteiger partial charge in [-0.05, 0) is 20.3 Å². The second-order valence-corrected chi connectivity index (χ2v) is 2.82. The minimum atomic E-state index is -0.271. The molecule has 2 nitrogen and oxygen atoms in total. The molecular formula is C8H18O2. The molecule has 0 saturated heterocycles. The molecule has 0 radical (unpaired) electrons. The van der Waals surface area contributed by atoms with E-state index in [0.29, 0.717) is 6.61 Å². The molecule has 62 valence electrons. The Morgan fingerprint density at radius 2 is 2.00 bits per heavy atom. The lowest BCUT2D eigenvalue weighted by Crippen LogP contribution is -2.17. The van der Waals surface area contributed by atoms with Crippen molar-refractivity contribution >= 4 is 0 Å². The van der Waals surface area contributed by atoms with Crippen molar-refractivity contribution in [2.24, 2.45) is 0 Å². The van der Waals surface area contributed by atoms with Crippen molar-refractivity contribution in [2.75, 3.05) is 6.61 Å². The maximum Gasteiger partial charge on any atom is 0.0773 e. The Morgan fingerprint density at radius 3 is 2.40 bits per heavy atom. The number of aliphatic hydroxyl groups is 1. The van der Waals surface area contributed by atoms with Gasteiger partial charge in [-0.2, -0.15) is 0 Å². The summed E-state index contributed by atoms with van der Waals surface area (Å²) >= 11 is 0. The molecule has 0 aliphatic carbocycles. The minimum Gasteiger partial charge on any atom is -0.391 e. The topological polar surface area (TPSA) is 29.5 Å². The highest BCUT2D eigenvalue weighted by Crippen LogP contribution is 1.98. The first kappa shape index (κ1) is 9.92. The number of hydrogen-bond donors (Lipinski definition) is 1. The van der Waals surface area contributed by atoms with Crippen molar-refractivity contribution in [3.05, 3.63) is 0 Å². The van der Waals surface area contributed by atoms with Gasteiger partial charge in [-0.3, -0.25) is 0 Å². The van der Waals surface area contributed by atoms with E-state index in [1.54, 1.807) is 0 Å². The lowest BCUT2D eigenvalue weighted by molar-refractivity contribution is 0.00248. The highest BCUT2D eigenvalue weighted by Gasteiger charge is 2.02. The fourth-order valence-electron chi connectivity index (χ4n) is 0.720. The fourth-order valence-corrected chi connectivity index (χ4v) is 0.720. The zero-order valence-corrected chi connectivity index (χ0v) is 7.13. The van der Waals surface area contributed by atoms with Crippen LogP contribution in [0.2, 0.25) is 0 Å². The van der Waals surface area contributed by atoms with Crippen LogP contribution in [0.4, 0.5) is 0 Å². The van der Waals surface area contributed by atoms with Gasteiger partial charge in [-0.25, -0.2) is 0 Å². The van der Waals surface area contributed by atoms with E-state index in [-0.39, 0.29) is 12.2 Å². The maximum absolute atomic E-state index is 9.17. The number of ether oxygens (including phenoxy) is 1. The standard InChI is InChI=1S/C8H18O2/c1-4-5-8(9)6-10-7(2)3/h7-9H,4-6H2,1-3H3. The molecule has 10 heavy (non-hydrogen) atoms. The molecule has 1 atom stereocenters.